The Bertz CT molecular complexity index is 811. The summed E-state index contributed by atoms with van der Waals surface area (Å²) in [6.07, 6.45) is 0. The van der Waals surface area contributed by atoms with Crippen LogP contribution in [0.25, 0.3) is 10.8 Å². The average Bonchev–Trinajstić information content (AvgIpc) is 2.57. The Morgan fingerprint density at radius 2 is 1.58 bits per heavy atom. The molecule has 0 bridgehead atoms. The van der Waals surface area contributed by atoms with Crippen LogP contribution in [0.15, 0.2) is 60.7 Å². The summed E-state index contributed by atoms with van der Waals surface area (Å²) in [4.78, 5) is 12.3. The van der Waals surface area contributed by atoms with Crippen molar-refractivity contribution in [2.75, 3.05) is 5.32 Å². The van der Waals surface area contributed by atoms with Gasteiger partial charge >= 0.3 is 0 Å². The first-order chi connectivity index (χ1) is 11.1. The van der Waals surface area contributed by atoms with E-state index in [0.29, 0.717) is 5.69 Å². The van der Waals surface area contributed by atoms with Crippen LogP contribution in [0.4, 0.5) is 5.69 Å². The van der Waals surface area contributed by atoms with E-state index < -0.39 is 0 Å². The van der Waals surface area contributed by atoms with Crippen molar-refractivity contribution < 1.29 is 9.90 Å². The molecule has 3 heteroatoms. The Hall–Kier alpha value is -2.81. The molecule has 0 heterocycles. The van der Waals surface area contributed by atoms with E-state index in [1.54, 1.807) is 24.3 Å². The largest absolute Gasteiger partial charge is 0.507 e. The molecule has 0 aliphatic heterocycles. The minimum Gasteiger partial charge on any atom is -0.507 e. The molecule has 2 N–H and O–H groups in total. The Morgan fingerprint density at radius 3 is 2.25 bits per heavy atom. The third-order valence-electron chi connectivity index (χ3n) is 3.39. The molecule has 0 saturated heterocycles. The molecule has 0 saturated carbocycles. The smallest absolute Gasteiger partial charge is 0.259 e. The number of amides is 1. The van der Waals surface area contributed by atoms with E-state index in [1.165, 1.54) is 0 Å². The van der Waals surface area contributed by atoms with Crippen molar-refractivity contribution in [2.24, 2.45) is 0 Å². The summed E-state index contributed by atoms with van der Waals surface area (Å²) in [7, 11) is 0. The zero-order valence-corrected chi connectivity index (χ0v) is 13.6. The Morgan fingerprint density at radius 1 is 0.917 bits per heavy atom. The van der Waals surface area contributed by atoms with Crippen molar-refractivity contribution in [3.8, 4) is 5.75 Å². The quantitative estimate of drug-likeness (QED) is 0.629. The van der Waals surface area contributed by atoms with Crippen molar-refractivity contribution in [3.63, 3.8) is 0 Å². The molecule has 0 atom stereocenters. The minimum absolute atomic E-state index is 0. The van der Waals surface area contributed by atoms with E-state index in [9.17, 15) is 9.90 Å². The molecule has 126 valence electrons. The number of hydrogen-bond acceptors (Lipinski definition) is 2. The highest BCUT2D eigenvalue weighted by Gasteiger charge is 2.12. The molecule has 0 aliphatic carbocycles. The van der Waals surface area contributed by atoms with Crippen LogP contribution in [0.1, 0.15) is 37.2 Å². The molecule has 0 radical (unpaired) electrons. The molecule has 3 aromatic carbocycles. The fraction of sp³-hybridized carbons (Fsp3) is 0.190. The van der Waals surface area contributed by atoms with Crippen LogP contribution < -0.4 is 5.32 Å². The molecule has 0 fully saturated rings. The fourth-order valence-electron chi connectivity index (χ4n) is 2.31. The molecule has 3 nitrogen and oxygen atoms in total. The summed E-state index contributed by atoms with van der Waals surface area (Å²) in [5.41, 5.74) is 2.09. The maximum absolute atomic E-state index is 12.3. The molecule has 0 spiro atoms. The minimum atomic E-state index is -0.317. The van der Waals surface area contributed by atoms with E-state index in [-0.39, 0.29) is 24.6 Å². The van der Waals surface area contributed by atoms with Crippen LogP contribution in [0.5, 0.6) is 5.75 Å². The highest BCUT2D eigenvalue weighted by atomic mass is 16.3. The van der Waals surface area contributed by atoms with Gasteiger partial charge in [0.25, 0.3) is 5.91 Å². The molecule has 0 aromatic heterocycles. The van der Waals surface area contributed by atoms with Crippen molar-refractivity contribution in [1.29, 1.82) is 0 Å². The first-order valence-corrected chi connectivity index (χ1v) is 7.73. The first-order valence-electron chi connectivity index (χ1n) is 7.73. The van der Waals surface area contributed by atoms with Crippen LogP contribution >= 0.6 is 0 Å². The Kier molecular flexibility index (Phi) is 6.99. The number of carbonyl (C=O) groups excluding carboxylic acids is 1. The number of para-hydroxylation sites is 1. The van der Waals surface area contributed by atoms with Crippen molar-refractivity contribution in [3.05, 3.63) is 71.8 Å². The SMILES string of the molecule is C.CC.Cc1ccc2cc(O)c(C(=O)Nc3ccccc3)cc2c1. The van der Waals surface area contributed by atoms with Crippen LogP contribution in [0.2, 0.25) is 0 Å². The number of phenolic OH excluding ortho intramolecular Hbond substituents is 1. The van der Waals surface area contributed by atoms with E-state index in [4.69, 9.17) is 0 Å². The zero-order chi connectivity index (χ0) is 16.8. The number of aryl methyl sites for hydroxylation is 1. The maximum atomic E-state index is 12.3. The van der Waals surface area contributed by atoms with Gasteiger partial charge in [0.1, 0.15) is 5.75 Å². The van der Waals surface area contributed by atoms with Crippen LogP contribution in [0.3, 0.4) is 0 Å². The van der Waals surface area contributed by atoms with Crippen molar-refractivity contribution in [1.82, 2.24) is 0 Å². The van der Waals surface area contributed by atoms with Crippen LogP contribution in [-0.4, -0.2) is 11.0 Å². The second-order valence-electron chi connectivity index (χ2n) is 5.04. The molecule has 0 aliphatic rings. The summed E-state index contributed by atoms with van der Waals surface area (Å²) < 4.78 is 0. The van der Waals surface area contributed by atoms with Crippen LogP contribution in [0, 0.1) is 6.92 Å². The van der Waals surface area contributed by atoms with Gasteiger partial charge in [0.05, 0.1) is 5.56 Å². The molecule has 1 amide bonds. The summed E-state index contributed by atoms with van der Waals surface area (Å²) in [6.45, 7) is 6.00. The number of aromatic hydroxyl groups is 1. The summed E-state index contributed by atoms with van der Waals surface area (Å²) in [5, 5.41) is 14.7. The number of phenols is 1. The first kappa shape index (κ1) is 19.2. The average molecular weight is 323 g/mol. The number of anilines is 1. The van der Waals surface area contributed by atoms with E-state index in [1.807, 2.05) is 57.2 Å². The molecule has 3 rings (SSSR count). The molecule has 24 heavy (non-hydrogen) atoms. The van der Waals surface area contributed by atoms with Gasteiger partial charge in [-0.25, -0.2) is 0 Å². The third-order valence-corrected chi connectivity index (χ3v) is 3.39. The van der Waals surface area contributed by atoms with Crippen molar-refractivity contribution in [2.45, 2.75) is 28.2 Å². The second kappa shape index (κ2) is 8.73. The number of hydrogen-bond donors (Lipinski definition) is 2. The number of rotatable bonds is 2. The second-order valence-corrected chi connectivity index (χ2v) is 5.04. The number of fused-ring (bicyclic) bond motifs is 1. The lowest BCUT2D eigenvalue weighted by Crippen LogP contribution is -2.12. The lowest BCUT2D eigenvalue weighted by Gasteiger charge is -2.09. The standard InChI is InChI=1S/C18H15NO2.C2H6.CH4/c1-12-7-8-13-11-17(20)16(10-14(13)9-12)18(21)19-15-5-3-2-4-6-15;1-2;/h2-11,20H,1H3,(H,19,21);1-2H3;1H4. The van der Waals surface area contributed by atoms with E-state index >= 15 is 0 Å². The third kappa shape index (κ3) is 4.35. The monoisotopic (exact) mass is 323 g/mol. The highest BCUT2D eigenvalue weighted by Crippen LogP contribution is 2.26. The molecular weight excluding hydrogens is 298 g/mol. The lowest BCUT2D eigenvalue weighted by molar-refractivity contribution is 0.102. The van der Waals surface area contributed by atoms with Gasteiger partial charge in [0.2, 0.25) is 0 Å². The number of carbonyl (C=O) groups is 1. The van der Waals surface area contributed by atoms with Crippen LogP contribution in [-0.2, 0) is 0 Å². The topological polar surface area (TPSA) is 49.3 Å². The number of benzene rings is 3. The van der Waals surface area contributed by atoms with E-state index in [2.05, 4.69) is 5.32 Å². The predicted octanol–water partition coefficient (Wildman–Crippen LogP) is 5.77. The van der Waals surface area contributed by atoms with Gasteiger partial charge in [-0.2, -0.15) is 0 Å². The summed E-state index contributed by atoms with van der Waals surface area (Å²) >= 11 is 0. The molecule has 0 unspecified atom stereocenters. The van der Waals surface area contributed by atoms with Gasteiger partial charge < -0.3 is 10.4 Å². The van der Waals surface area contributed by atoms with Crippen molar-refractivity contribution >= 4 is 22.4 Å². The number of nitrogens with one attached hydrogen (secondary N) is 1. The molecular formula is C21H25NO2. The zero-order valence-electron chi connectivity index (χ0n) is 13.6. The van der Waals surface area contributed by atoms with Gasteiger partial charge in [0.15, 0.2) is 0 Å². The van der Waals surface area contributed by atoms with E-state index in [0.717, 1.165) is 16.3 Å². The molecule has 3 aromatic rings. The van der Waals surface area contributed by atoms with Gasteiger partial charge in [-0.1, -0.05) is 63.2 Å². The highest BCUT2D eigenvalue weighted by molar-refractivity contribution is 6.08. The Labute approximate surface area is 144 Å². The summed E-state index contributed by atoms with van der Waals surface area (Å²) in [6, 6.07) is 18.4. The summed E-state index contributed by atoms with van der Waals surface area (Å²) in [5.74, 6) is -0.332. The predicted molar refractivity (Wildman–Crippen MR) is 103 cm³/mol. The normalized spacial score (nSPS) is 9.46. The van der Waals surface area contributed by atoms with Gasteiger partial charge in [-0.3, -0.25) is 4.79 Å². The lowest BCUT2D eigenvalue weighted by atomic mass is 10.0. The Balaban J connectivity index is 0.000000925. The maximum Gasteiger partial charge on any atom is 0.259 e. The van der Waals surface area contributed by atoms with Gasteiger partial charge in [-0.05, 0) is 42.0 Å². The fourth-order valence-corrected chi connectivity index (χ4v) is 2.31. The van der Waals surface area contributed by atoms with Gasteiger partial charge in [-0.15, -0.1) is 0 Å². The van der Waals surface area contributed by atoms with Gasteiger partial charge in [0, 0.05) is 5.69 Å².